The van der Waals surface area contributed by atoms with E-state index in [1.807, 2.05) is 32.0 Å². The summed E-state index contributed by atoms with van der Waals surface area (Å²) >= 11 is 1.54. The van der Waals surface area contributed by atoms with E-state index >= 15 is 0 Å². The molecule has 0 fully saturated rings. The first-order chi connectivity index (χ1) is 14.3. The highest BCUT2D eigenvalue weighted by Gasteiger charge is 2.09. The van der Waals surface area contributed by atoms with Crippen LogP contribution in [0.5, 0.6) is 11.5 Å². The molecule has 0 aliphatic heterocycles. The van der Waals surface area contributed by atoms with Crippen LogP contribution in [0.15, 0.2) is 58.8 Å². The molecule has 1 heterocycles. The van der Waals surface area contributed by atoms with Crippen LogP contribution in [0.25, 0.3) is 0 Å². The Kier molecular flexibility index (Phi) is 6.68. The molecule has 3 rings (SSSR count). The van der Waals surface area contributed by atoms with Crippen LogP contribution in [0.3, 0.4) is 0 Å². The van der Waals surface area contributed by atoms with Crippen LogP contribution in [-0.2, 0) is 5.75 Å². The summed E-state index contributed by atoms with van der Waals surface area (Å²) in [5, 5.41) is 24.2. The molecule has 2 aromatic carbocycles. The Labute approximate surface area is 178 Å². The zero-order valence-corrected chi connectivity index (χ0v) is 17.7. The van der Waals surface area contributed by atoms with Crippen LogP contribution in [0.2, 0.25) is 0 Å². The Bertz CT molecular complexity index is 1080. The molecule has 7 nitrogen and oxygen atoms in total. The number of hydrazone groups is 1. The van der Waals surface area contributed by atoms with Crippen LogP contribution in [-0.4, -0.2) is 31.8 Å². The van der Waals surface area contributed by atoms with E-state index in [4.69, 9.17) is 0 Å². The second kappa shape index (κ2) is 9.41. The molecular formula is C22H22N4O3S. The number of amides is 1. The molecule has 1 amide bonds. The van der Waals surface area contributed by atoms with Crippen molar-refractivity contribution in [2.24, 2.45) is 5.10 Å². The van der Waals surface area contributed by atoms with Gasteiger partial charge in [0.1, 0.15) is 11.5 Å². The number of carbonyl (C=O) groups is 1. The summed E-state index contributed by atoms with van der Waals surface area (Å²) < 4.78 is 0. The number of hydrogen-bond donors (Lipinski definition) is 3. The van der Waals surface area contributed by atoms with Gasteiger partial charge in [-0.05, 0) is 62.7 Å². The van der Waals surface area contributed by atoms with Crippen LogP contribution in [0, 0.1) is 13.8 Å². The van der Waals surface area contributed by atoms with Gasteiger partial charge in [-0.3, -0.25) is 4.79 Å². The van der Waals surface area contributed by atoms with Gasteiger partial charge in [0, 0.05) is 28.3 Å². The summed E-state index contributed by atoms with van der Waals surface area (Å²) in [6, 6.07) is 13.3. The number of nitrogens with zero attached hydrogens (tertiary/aromatic N) is 3. The highest BCUT2D eigenvalue weighted by atomic mass is 32.2. The fraction of sp³-hybridized carbons (Fsp3) is 0.182. The number of benzene rings is 2. The van der Waals surface area contributed by atoms with E-state index in [-0.39, 0.29) is 17.4 Å². The quantitative estimate of drug-likeness (QED) is 0.183. The monoisotopic (exact) mass is 422 g/mol. The van der Waals surface area contributed by atoms with E-state index in [9.17, 15) is 15.0 Å². The Morgan fingerprint density at radius 2 is 1.70 bits per heavy atom. The van der Waals surface area contributed by atoms with Crippen LogP contribution in [0.1, 0.15) is 39.8 Å². The fourth-order valence-corrected chi connectivity index (χ4v) is 3.64. The number of rotatable bonds is 6. The third-order valence-electron chi connectivity index (χ3n) is 4.24. The third-order valence-corrected chi connectivity index (χ3v) is 5.16. The Morgan fingerprint density at radius 3 is 2.37 bits per heavy atom. The molecule has 0 saturated carbocycles. The van der Waals surface area contributed by atoms with E-state index in [0.29, 0.717) is 22.6 Å². The number of phenolic OH excluding ortho intramolecular Hbond substituents is 2. The molecule has 154 valence electrons. The molecule has 0 aliphatic carbocycles. The van der Waals surface area contributed by atoms with Gasteiger partial charge in [0.05, 0.1) is 5.71 Å². The van der Waals surface area contributed by atoms with Gasteiger partial charge in [-0.15, -0.1) is 0 Å². The van der Waals surface area contributed by atoms with Crippen molar-refractivity contribution in [3.05, 3.63) is 76.6 Å². The van der Waals surface area contributed by atoms with Crippen LogP contribution < -0.4 is 5.43 Å². The minimum absolute atomic E-state index is 0.00311. The van der Waals surface area contributed by atoms with Crippen molar-refractivity contribution >= 4 is 23.4 Å². The molecule has 30 heavy (non-hydrogen) atoms. The lowest BCUT2D eigenvalue weighted by atomic mass is 10.1. The highest BCUT2D eigenvalue weighted by molar-refractivity contribution is 7.98. The van der Waals surface area contributed by atoms with Gasteiger partial charge in [-0.25, -0.2) is 15.4 Å². The summed E-state index contributed by atoms with van der Waals surface area (Å²) in [7, 11) is 0. The van der Waals surface area contributed by atoms with Gasteiger partial charge in [0.2, 0.25) is 0 Å². The van der Waals surface area contributed by atoms with Crippen molar-refractivity contribution in [1.29, 1.82) is 0 Å². The molecule has 0 saturated heterocycles. The molecule has 0 atom stereocenters. The van der Waals surface area contributed by atoms with E-state index in [1.165, 1.54) is 18.2 Å². The molecule has 0 bridgehead atoms. The predicted molar refractivity (Wildman–Crippen MR) is 117 cm³/mol. The van der Waals surface area contributed by atoms with Crippen molar-refractivity contribution in [3.63, 3.8) is 0 Å². The molecule has 0 aliphatic rings. The zero-order valence-electron chi connectivity index (χ0n) is 16.9. The molecule has 3 N–H and O–H groups in total. The summed E-state index contributed by atoms with van der Waals surface area (Å²) in [4.78, 5) is 21.2. The van der Waals surface area contributed by atoms with Gasteiger partial charge in [0.25, 0.3) is 5.91 Å². The van der Waals surface area contributed by atoms with Crippen LogP contribution in [0.4, 0.5) is 0 Å². The average molecular weight is 423 g/mol. The molecule has 0 spiro atoms. The second-order valence-electron chi connectivity index (χ2n) is 6.76. The largest absolute Gasteiger partial charge is 0.508 e. The van der Waals surface area contributed by atoms with Gasteiger partial charge in [0.15, 0.2) is 5.16 Å². The number of aryl methyl sites for hydroxylation is 2. The number of hydrogen-bond acceptors (Lipinski definition) is 7. The third kappa shape index (κ3) is 5.57. The predicted octanol–water partition coefficient (Wildman–Crippen LogP) is 3.95. The minimum atomic E-state index is -0.370. The van der Waals surface area contributed by atoms with E-state index in [0.717, 1.165) is 22.1 Å². The lowest BCUT2D eigenvalue weighted by Crippen LogP contribution is -2.19. The Morgan fingerprint density at radius 1 is 1.03 bits per heavy atom. The number of thioether (sulfide) groups is 1. The molecule has 0 radical (unpaired) electrons. The lowest BCUT2D eigenvalue weighted by molar-refractivity contribution is 0.0955. The number of aromatic nitrogens is 2. The molecule has 8 heteroatoms. The highest BCUT2D eigenvalue weighted by Crippen LogP contribution is 2.23. The van der Waals surface area contributed by atoms with Gasteiger partial charge >= 0.3 is 0 Å². The number of carbonyl (C=O) groups excluding carboxylic acids is 1. The first kappa shape index (κ1) is 21.3. The first-order valence-corrected chi connectivity index (χ1v) is 10.2. The Hall–Kier alpha value is -3.39. The van der Waals surface area contributed by atoms with Crippen molar-refractivity contribution in [2.75, 3.05) is 0 Å². The number of nitrogens with one attached hydrogen (secondary N) is 1. The number of aromatic hydroxyl groups is 2. The Balaban J connectivity index is 1.61. The molecule has 1 aromatic heterocycles. The second-order valence-corrected chi connectivity index (χ2v) is 7.70. The maximum atomic E-state index is 12.3. The van der Waals surface area contributed by atoms with E-state index < -0.39 is 0 Å². The maximum absolute atomic E-state index is 12.3. The topological polar surface area (TPSA) is 108 Å². The normalized spacial score (nSPS) is 11.4. The fourth-order valence-electron chi connectivity index (χ4n) is 2.73. The van der Waals surface area contributed by atoms with Crippen molar-refractivity contribution in [1.82, 2.24) is 15.4 Å². The van der Waals surface area contributed by atoms with Gasteiger partial charge < -0.3 is 10.2 Å². The first-order valence-electron chi connectivity index (χ1n) is 9.23. The van der Waals surface area contributed by atoms with Crippen molar-refractivity contribution < 1.29 is 15.0 Å². The molecule has 0 unspecified atom stereocenters. The summed E-state index contributed by atoms with van der Waals surface area (Å²) in [5.74, 6) is 0.297. The molecular weight excluding hydrogens is 400 g/mol. The summed E-state index contributed by atoms with van der Waals surface area (Å²) in [6.45, 7) is 5.51. The minimum Gasteiger partial charge on any atom is -0.508 e. The van der Waals surface area contributed by atoms with Crippen LogP contribution >= 0.6 is 11.8 Å². The van der Waals surface area contributed by atoms with Crippen molar-refractivity contribution in [3.8, 4) is 11.5 Å². The van der Waals surface area contributed by atoms with Gasteiger partial charge in [-0.2, -0.15) is 5.10 Å². The zero-order chi connectivity index (χ0) is 21.7. The van der Waals surface area contributed by atoms with E-state index in [2.05, 4.69) is 20.5 Å². The maximum Gasteiger partial charge on any atom is 0.271 e. The van der Waals surface area contributed by atoms with Gasteiger partial charge in [-0.1, -0.05) is 23.9 Å². The SMILES string of the molecule is C/C(=N\NC(=O)c1ccc(CSc2nc(C)cc(C)n2)cc1)c1cc(O)ccc1O. The number of phenols is 2. The smallest absolute Gasteiger partial charge is 0.271 e. The lowest BCUT2D eigenvalue weighted by Gasteiger charge is -2.07. The molecule has 3 aromatic rings. The standard InChI is InChI=1S/C22H22N4O3S/c1-13-10-14(2)24-22(23-13)30-12-16-4-6-17(7-5-16)21(29)26-25-15(3)19-11-18(27)8-9-20(19)28/h4-11,27-28H,12H2,1-3H3,(H,26,29)/b25-15+. The summed E-state index contributed by atoms with van der Waals surface area (Å²) in [6.07, 6.45) is 0. The van der Waals surface area contributed by atoms with Crippen molar-refractivity contribution in [2.45, 2.75) is 31.7 Å². The van der Waals surface area contributed by atoms with E-state index in [1.54, 1.807) is 30.8 Å². The summed E-state index contributed by atoms with van der Waals surface area (Å²) in [5.41, 5.74) is 6.56. The average Bonchev–Trinajstić information content (AvgIpc) is 2.71.